The van der Waals surface area contributed by atoms with Gasteiger partial charge in [-0.25, -0.2) is 0 Å². The van der Waals surface area contributed by atoms with Crippen LogP contribution in [-0.2, 0) is 16.1 Å². The van der Waals surface area contributed by atoms with Crippen molar-refractivity contribution in [3.63, 3.8) is 0 Å². The van der Waals surface area contributed by atoms with Gasteiger partial charge >= 0.3 is 0 Å². The zero-order valence-corrected chi connectivity index (χ0v) is 10.3. The molecule has 0 saturated heterocycles. The number of hydrogen-bond donors (Lipinski definition) is 0. The lowest BCUT2D eigenvalue weighted by molar-refractivity contribution is -0.125. The Hall–Kier alpha value is -1.15. The summed E-state index contributed by atoms with van der Waals surface area (Å²) >= 11 is 0. The van der Waals surface area contributed by atoms with Crippen molar-refractivity contribution in [2.75, 3.05) is 6.61 Å². The first kappa shape index (κ1) is 12.9. The molecule has 1 aromatic rings. The second kappa shape index (κ2) is 5.80. The summed E-state index contributed by atoms with van der Waals surface area (Å²) in [5.74, 6) is 0.170. The zero-order chi connectivity index (χ0) is 12.0. The SMILES string of the molecule is CC(C)(C)CC(=O)COCc1ccccc1. The Morgan fingerprint density at radius 2 is 1.81 bits per heavy atom. The van der Waals surface area contributed by atoms with E-state index in [1.54, 1.807) is 0 Å². The zero-order valence-electron chi connectivity index (χ0n) is 10.3. The Bertz CT molecular complexity index is 322. The number of ketones is 1. The van der Waals surface area contributed by atoms with Gasteiger partial charge in [-0.05, 0) is 11.0 Å². The standard InChI is InChI=1S/C14H20O2/c1-14(2,3)9-13(15)11-16-10-12-7-5-4-6-8-12/h4-8H,9-11H2,1-3H3. The molecule has 1 rings (SSSR count). The maximum absolute atomic E-state index is 11.5. The fourth-order valence-electron chi connectivity index (χ4n) is 1.50. The Morgan fingerprint density at radius 3 is 2.38 bits per heavy atom. The summed E-state index contributed by atoms with van der Waals surface area (Å²) in [6.07, 6.45) is 0.571. The fourth-order valence-corrected chi connectivity index (χ4v) is 1.50. The molecule has 1 aromatic carbocycles. The van der Waals surface area contributed by atoms with Crippen LogP contribution < -0.4 is 0 Å². The predicted molar refractivity (Wildman–Crippen MR) is 65.2 cm³/mol. The highest BCUT2D eigenvalue weighted by atomic mass is 16.5. The second-order valence-electron chi connectivity index (χ2n) is 5.25. The molecule has 0 N–H and O–H groups in total. The summed E-state index contributed by atoms with van der Waals surface area (Å²) in [4.78, 5) is 11.5. The van der Waals surface area contributed by atoms with Crippen molar-refractivity contribution in [3.8, 4) is 0 Å². The summed E-state index contributed by atoms with van der Waals surface area (Å²) in [6, 6.07) is 9.89. The monoisotopic (exact) mass is 220 g/mol. The molecule has 88 valence electrons. The van der Waals surface area contributed by atoms with Gasteiger partial charge in [-0.3, -0.25) is 4.79 Å². The van der Waals surface area contributed by atoms with E-state index in [1.807, 2.05) is 30.3 Å². The summed E-state index contributed by atoms with van der Waals surface area (Å²) < 4.78 is 5.38. The average Bonchev–Trinajstić information content (AvgIpc) is 2.16. The molecule has 0 spiro atoms. The van der Waals surface area contributed by atoms with E-state index in [1.165, 1.54) is 0 Å². The number of Topliss-reactive ketones (excluding diaryl/α,β-unsaturated/α-hetero) is 1. The van der Waals surface area contributed by atoms with E-state index >= 15 is 0 Å². The summed E-state index contributed by atoms with van der Waals surface area (Å²) in [7, 11) is 0. The third-order valence-corrected chi connectivity index (χ3v) is 2.10. The largest absolute Gasteiger partial charge is 0.369 e. The first-order valence-corrected chi connectivity index (χ1v) is 5.61. The van der Waals surface area contributed by atoms with Crippen LogP contribution in [0.1, 0.15) is 32.8 Å². The molecule has 0 aliphatic rings. The minimum atomic E-state index is 0.0488. The molecule has 0 atom stereocenters. The maximum atomic E-state index is 11.5. The van der Waals surface area contributed by atoms with Crippen LogP contribution in [-0.4, -0.2) is 12.4 Å². The highest BCUT2D eigenvalue weighted by Crippen LogP contribution is 2.18. The van der Waals surface area contributed by atoms with Crippen molar-refractivity contribution < 1.29 is 9.53 Å². The molecule has 0 fully saturated rings. The van der Waals surface area contributed by atoms with E-state index in [2.05, 4.69) is 20.8 Å². The highest BCUT2D eigenvalue weighted by molar-refractivity contribution is 5.80. The Kier molecular flexibility index (Phi) is 4.69. The number of rotatable bonds is 5. The van der Waals surface area contributed by atoms with E-state index in [-0.39, 0.29) is 17.8 Å². The summed E-state index contributed by atoms with van der Waals surface area (Å²) in [5, 5.41) is 0. The molecule has 0 saturated carbocycles. The smallest absolute Gasteiger partial charge is 0.159 e. The van der Waals surface area contributed by atoms with Gasteiger partial charge in [-0.15, -0.1) is 0 Å². The topological polar surface area (TPSA) is 26.3 Å². The Labute approximate surface area is 97.6 Å². The van der Waals surface area contributed by atoms with Crippen LogP contribution in [0.4, 0.5) is 0 Å². The van der Waals surface area contributed by atoms with E-state index in [9.17, 15) is 4.79 Å². The van der Waals surface area contributed by atoms with E-state index in [0.717, 1.165) is 5.56 Å². The van der Waals surface area contributed by atoms with Gasteiger partial charge in [-0.1, -0.05) is 51.1 Å². The molecule has 0 radical (unpaired) electrons. The van der Waals surface area contributed by atoms with Crippen molar-refractivity contribution in [1.82, 2.24) is 0 Å². The van der Waals surface area contributed by atoms with Crippen LogP contribution in [0.25, 0.3) is 0 Å². The molecule has 0 heterocycles. The van der Waals surface area contributed by atoms with E-state index in [4.69, 9.17) is 4.74 Å². The van der Waals surface area contributed by atoms with Crippen LogP contribution in [0.2, 0.25) is 0 Å². The quantitative estimate of drug-likeness (QED) is 0.761. The highest BCUT2D eigenvalue weighted by Gasteiger charge is 2.15. The minimum Gasteiger partial charge on any atom is -0.369 e. The van der Waals surface area contributed by atoms with Gasteiger partial charge in [0.2, 0.25) is 0 Å². The van der Waals surface area contributed by atoms with E-state index < -0.39 is 0 Å². The normalized spacial score (nSPS) is 11.4. The molecule has 16 heavy (non-hydrogen) atoms. The van der Waals surface area contributed by atoms with Crippen molar-refractivity contribution in [2.45, 2.75) is 33.8 Å². The molecule has 0 aliphatic carbocycles. The first-order chi connectivity index (χ1) is 7.47. The van der Waals surface area contributed by atoms with Gasteiger partial charge in [0.15, 0.2) is 5.78 Å². The van der Waals surface area contributed by atoms with Gasteiger partial charge in [0.05, 0.1) is 6.61 Å². The molecule has 0 aromatic heterocycles. The van der Waals surface area contributed by atoms with Crippen LogP contribution >= 0.6 is 0 Å². The van der Waals surface area contributed by atoms with Gasteiger partial charge in [0, 0.05) is 6.42 Å². The van der Waals surface area contributed by atoms with Gasteiger partial charge in [0.1, 0.15) is 6.61 Å². The Balaban J connectivity index is 2.24. The average molecular weight is 220 g/mol. The lowest BCUT2D eigenvalue weighted by Crippen LogP contribution is -2.17. The molecule has 2 nitrogen and oxygen atoms in total. The minimum absolute atomic E-state index is 0.0488. The van der Waals surface area contributed by atoms with Gasteiger partial charge in [0.25, 0.3) is 0 Å². The van der Waals surface area contributed by atoms with Crippen LogP contribution in [0.15, 0.2) is 30.3 Å². The van der Waals surface area contributed by atoms with Crippen molar-refractivity contribution in [2.24, 2.45) is 5.41 Å². The van der Waals surface area contributed by atoms with Crippen molar-refractivity contribution in [1.29, 1.82) is 0 Å². The molecule has 0 bridgehead atoms. The maximum Gasteiger partial charge on any atom is 0.159 e. The number of ether oxygens (including phenoxy) is 1. The second-order valence-corrected chi connectivity index (χ2v) is 5.25. The third-order valence-electron chi connectivity index (χ3n) is 2.10. The summed E-state index contributed by atoms with van der Waals surface area (Å²) in [5.41, 5.74) is 1.15. The lowest BCUT2D eigenvalue weighted by Gasteiger charge is -2.16. The van der Waals surface area contributed by atoms with Gasteiger partial charge in [-0.2, -0.15) is 0 Å². The Morgan fingerprint density at radius 1 is 1.19 bits per heavy atom. The number of benzene rings is 1. The van der Waals surface area contributed by atoms with E-state index in [0.29, 0.717) is 13.0 Å². The molecule has 2 heteroatoms. The lowest BCUT2D eigenvalue weighted by atomic mass is 9.90. The van der Waals surface area contributed by atoms with Crippen molar-refractivity contribution >= 4 is 5.78 Å². The number of hydrogen-bond acceptors (Lipinski definition) is 2. The summed E-state index contributed by atoms with van der Waals surface area (Å²) in [6.45, 7) is 6.90. The molecule has 0 amide bonds. The predicted octanol–water partition coefficient (Wildman–Crippen LogP) is 3.21. The van der Waals surface area contributed by atoms with Crippen LogP contribution in [0.3, 0.4) is 0 Å². The van der Waals surface area contributed by atoms with Crippen LogP contribution in [0.5, 0.6) is 0 Å². The number of carbonyl (C=O) groups excluding carboxylic acids is 1. The van der Waals surface area contributed by atoms with Crippen LogP contribution in [0, 0.1) is 5.41 Å². The number of carbonyl (C=O) groups is 1. The first-order valence-electron chi connectivity index (χ1n) is 5.61. The fraction of sp³-hybridized carbons (Fsp3) is 0.500. The van der Waals surface area contributed by atoms with Gasteiger partial charge < -0.3 is 4.74 Å². The molecule has 0 unspecified atom stereocenters. The molecule has 0 aliphatic heterocycles. The third kappa shape index (κ3) is 5.66. The molecular weight excluding hydrogens is 200 g/mol. The molecular formula is C14H20O2. The van der Waals surface area contributed by atoms with Crippen molar-refractivity contribution in [3.05, 3.63) is 35.9 Å².